The number of fused-ring (bicyclic) bond motifs is 1. The molecule has 2 aromatic carbocycles. The van der Waals surface area contributed by atoms with Crippen LogP contribution in [0.3, 0.4) is 0 Å². The summed E-state index contributed by atoms with van der Waals surface area (Å²) in [5, 5.41) is 4.30. The molecule has 0 aliphatic rings. The van der Waals surface area contributed by atoms with E-state index in [0.29, 0.717) is 11.0 Å². The maximum Gasteiger partial charge on any atom is 0.267 e. The van der Waals surface area contributed by atoms with Gasteiger partial charge in [-0.3, -0.25) is 4.79 Å². The first-order chi connectivity index (χ1) is 11.2. The maximum absolute atomic E-state index is 12.7. The number of methoxy groups -OCH3 is 1. The van der Waals surface area contributed by atoms with Crippen molar-refractivity contribution in [1.82, 2.24) is 4.57 Å². The number of aromatic nitrogens is 1. The third-order valence-corrected chi connectivity index (χ3v) is 4.51. The molecule has 5 heteroatoms. The molecule has 0 radical (unpaired) electrons. The average Bonchev–Trinajstić information content (AvgIpc) is 2.60. The average molecular weight is 373 g/mol. The van der Waals surface area contributed by atoms with E-state index in [2.05, 4.69) is 21.2 Å². The minimum atomic E-state index is -0.0633. The van der Waals surface area contributed by atoms with Crippen LogP contribution in [0.15, 0.2) is 57.8 Å². The molecule has 0 aliphatic heterocycles. The molecule has 3 rings (SSSR count). The van der Waals surface area contributed by atoms with Gasteiger partial charge in [-0.05, 0) is 47.1 Å². The molecule has 0 saturated heterocycles. The van der Waals surface area contributed by atoms with Gasteiger partial charge in [0.2, 0.25) is 0 Å². The van der Waals surface area contributed by atoms with Gasteiger partial charge in [0.05, 0.1) is 18.3 Å². The number of nitrogens with zero attached hydrogens (tertiary/aromatic N) is 1. The van der Waals surface area contributed by atoms with Crippen LogP contribution in [-0.4, -0.2) is 11.7 Å². The van der Waals surface area contributed by atoms with Gasteiger partial charge in [0.1, 0.15) is 10.2 Å². The Morgan fingerprint density at radius 3 is 2.57 bits per heavy atom. The Kier molecular flexibility index (Phi) is 4.39. The van der Waals surface area contributed by atoms with Crippen molar-refractivity contribution in [2.45, 2.75) is 13.5 Å². The molecule has 0 unspecified atom stereocenters. The summed E-state index contributed by atoms with van der Waals surface area (Å²) >= 11 is 3.46. The molecule has 1 N–H and O–H groups in total. The molecule has 0 spiro atoms. The Balaban J connectivity index is 2.29. The van der Waals surface area contributed by atoms with E-state index < -0.39 is 0 Å². The maximum atomic E-state index is 12.7. The second-order valence-corrected chi connectivity index (χ2v) is 5.91. The van der Waals surface area contributed by atoms with Crippen LogP contribution in [0, 0.1) is 0 Å². The lowest BCUT2D eigenvalue weighted by atomic mass is 10.1. The quantitative estimate of drug-likeness (QED) is 0.731. The van der Waals surface area contributed by atoms with Gasteiger partial charge in [0, 0.05) is 23.7 Å². The van der Waals surface area contributed by atoms with Gasteiger partial charge in [-0.25, -0.2) is 0 Å². The van der Waals surface area contributed by atoms with Crippen LogP contribution in [0.2, 0.25) is 0 Å². The van der Waals surface area contributed by atoms with Crippen molar-refractivity contribution in [3.63, 3.8) is 0 Å². The summed E-state index contributed by atoms with van der Waals surface area (Å²) in [4.78, 5) is 12.7. The Hall–Kier alpha value is -2.27. The van der Waals surface area contributed by atoms with E-state index >= 15 is 0 Å². The molecular weight excluding hydrogens is 356 g/mol. The van der Waals surface area contributed by atoms with Crippen molar-refractivity contribution in [3.05, 3.63) is 63.4 Å². The number of benzene rings is 2. The number of rotatable bonds is 4. The summed E-state index contributed by atoms with van der Waals surface area (Å²) in [5.41, 5.74) is 2.48. The van der Waals surface area contributed by atoms with Crippen LogP contribution >= 0.6 is 15.9 Å². The molecule has 1 heterocycles. The van der Waals surface area contributed by atoms with E-state index in [9.17, 15) is 4.79 Å². The van der Waals surface area contributed by atoms with E-state index in [-0.39, 0.29) is 5.56 Å². The van der Waals surface area contributed by atoms with Crippen molar-refractivity contribution >= 4 is 38.2 Å². The van der Waals surface area contributed by atoms with Crippen molar-refractivity contribution in [3.8, 4) is 5.75 Å². The zero-order chi connectivity index (χ0) is 16.4. The van der Waals surface area contributed by atoms with E-state index in [4.69, 9.17) is 4.74 Å². The van der Waals surface area contributed by atoms with E-state index in [1.165, 1.54) is 0 Å². The fourth-order valence-corrected chi connectivity index (χ4v) is 3.15. The summed E-state index contributed by atoms with van der Waals surface area (Å²) in [5.74, 6) is 0.729. The lowest BCUT2D eigenvalue weighted by molar-refractivity contribution is 0.415. The van der Waals surface area contributed by atoms with Crippen LogP contribution in [0.1, 0.15) is 6.92 Å². The summed E-state index contributed by atoms with van der Waals surface area (Å²) in [7, 11) is 1.62. The Bertz CT molecular complexity index is 904. The highest BCUT2D eigenvalue weighted by Crippen LogP contribution is 2.33. The number of para-hydroxylation sites is 1. The summed E-state index contributed by atoms with van der Waals surface area (Å²) in [6.07, 6.45) is 0. The number of anilines is 2. The van der Waals surface area contributed by atoms with Crippen molar-refractivity contribution in [2.24, 2.45) is 0 Å². The predicted molar refractivity (Wildman–Crippen MR) is 97.9 cm³/mol. The van der Waals surface area contributed by atoms with Crippen molar-refractivity contribution in [1.29, 1.82) is 0 Å². The van der Waals surface area contributed by atoms with Crippen LogP contribution < -0.4 is 15.6 Å². The Morgan fingerprint density at radius 1 is 1.17 bits per heavy atom. The highest BCUT2D eigenvalue weighted by Gasteiger charge is 2.15. The van der Waals surface area contributed by atoms with Gasteiger partial charge in [0.15, 0.2) is 0 Å². The fourth-order valence-electron chi connectivity index (χ4n) is 2.63. The van der Waals surface area contributed by atoms with Gasteiger partial charge in [-0.15, -0.1) is 0 Å². The second-order valence-electron chi connectivity index (χ2n) is 5.11. The predicted octanol–water partition coefficient (Wildman–Crippen LogP) is 4.54. The number of hydrogen-bond donors (Lipinski definition) is 1. The third-order valence-electron chi connectivity index (χ3n) is 3.78. The third kappa shape index (κ3) is 2.84. The standard InChI is InChI=1S/C18H17BrN2O2/c1-3-21-15-11-13(23-2)9-10-14(15)17(16(19)18(21)22)20-12-7-5-4-6-8-12/h4-11,20H,3H2,1-2H3. The normalized spacial score (nSPS) is 10.7. The number of ether oxygens (including phenoxy) is 1. The number of hydrogen-bond acceptors (Lipinski definition) is 3. The molecule has 0 saturated carbocycles. The zero-order valence-electron chi connectivity index (χ0n) is 13.0. The van der Waals surface area contributed by atoms with E-state index in [1.54, 1.807) is 11.7 Å². The van der Waals surface area contributed by atoms with Gasteiger partial charge < -0.3 is 14.6 Å². The first-order valence-corrected chi connectivity index (χ1v) is 8.17. The summed E-state index contributed by atoms with van der Waals surface area (Å²) in [6.45, 7) is 2.55. The lowest BCUT2D eigenvalue weighted by Crippen LogP contribution is -2.21. The van der Waals surface area contributed by atoms with Gasteiger partial charge in [-0.2, -0.15) is 0 Å². The molecule has 0 atom stereocenters. The van der Waals surface area contributed by atoms with Crippen molar-refractivity contribution < 1.29 is 4.74 Å². The molecular formula is C18H17BrN2O2. The molecule has 4 nitrogen and oxygen atoms in total. The minimum Gasteiger partial charge on any atom is -0.497 e. The topological polar surface area (TPSA) is 43.3 Å². The number of halogens is 1. The smallest absolute Gasteiger partial charge is 0.267 e. The van der Waals surface area contributed by atoms with Crippen LogP contribution in [-0.2, 0) is 6.54 Å². The molecule has 0 bridgehead atoms. The number of nitrogens with one attached hydrogen (secondary N) is 1. The minimum absolute atomic E-state index is 0.0633. The molecule has 23 heavy (non-hydrogen) atoms. The van der Waals surface area contributed by atoms with E-state index in [0.717, 1.165) is 28.0 Å². The first-order valence-electron chi connectivity index (χ1n) is 7.37. The summed E-state index contributed by atoms with van der Waals surface area (Å²) < 4.78 is 7.57. The fraction of sp³-hybridized carbons (Fsp3) is 0.167. The largest absolute Gasteiger partial charge is 0.497 e. The van der Waals surface area contributed by atoms with Crippen LogP contribution in [0.5, 0.6) is 5.75 Å². The molecule has 0 aliphatic carbocycles. The summed E-state index contributed by atoms with van der Waals surface area (Å²) in [6, 6.07) is 15.6. The van der Waals surface area contributed by atoms with Crippen LogP contribution in [0.4, 0.5) is 11.4 Å². The zero-order valence-corrected chi connectivity index (χ0v) is 14.6. The van der Waals surface area contributed by atoms with E-state index in [1.807, 2.05) is 55.5 Å². The second kappa shape index (κ2) is 6.46. The Morgan fingerprint density at radius 2 is 1.91 bits per heavy atom. The highest BCUT2D eigenvalue weighted by atomic mass is 79.9. The first kappa shape index (κ1) is 15.6. The van der Waals surface area contributed by atoms with Crippen LogP contribution in [0.25, 0.3) is 10.9 Å². The highest BCUT2D eigenvalue weighted by molar-refractivity contribution is 9.10. The van der Waals surface area contributed by atoms with Gasteiger partial charge >= 0.3 is 0 Å². The molecule has 0 amide bonds. The monoisotopic (exact) mass is 372 g/mol. The number of aryl methyl sites for hydroxylation is 1. The SMILES string of the molecule is CCn1c(=O)c(Br)c(Nc2ccccc2)c2ccc(OC)cc21. The van der Waals surface area contributed by atoms with Gasteiger partial charge in [0.25, 0.3) is 5.56 Å². The van der Waals surface area contributed by atoms with Crippen molar-refractivity contribution in [2.75, 3.05) is 12.4 Å². The van der Waals surface area contributed by atoms with Gasteiger partial charge in [-0.1, -0.05) is 18.2 Å². The molecule has 1 aromatic heterocycles. The molecule has 3 aromatic rings. The lowest BCUT2D eigenvalue weighted by Gasteiger charge is -2.16. The molecule has 0 fully saturated rings. The molecule has 118 valence electrons. The Labute approximate surface area is 142 Å². The number of pyridine rings is 1.